The molecule has 1 aliphatic heterocycles. The SMILES string of the molecule is O=C(O)C(F)(F)F.c1ccc(CN2CCC(NCc3ccccc3-c3cccc(CNC4CCCC4)c3)CC2)cc1. The monoisotopic (exact) mass is 567 g/mol. The van der Waals surface area contributed by atoms with Crippen molar-refractivity contribution in [2.45, 2.75) is 76.4 Å². The molecule has 0 unspecified atom stereocenters. The van der Waals surface area contributed by atoms with E-state index in [0.717, 1.165) is 19.6 Å². The number of likely N-dealkylation sites (tertiary alicyclic amines) is 1. The topological polar surface area (TPSA) is 64.6 Å². The van der Waals surface area contributed by atoms with Gasteiger partial charge >= 0.3 is 12.1 Å². The number of piperidine rings is 1. The zero-order chi connectivity index (χ0) is 29.1. The smallest absolute Gasteiger partial charge is 0.475 e. The van der Waals surface area contributed by atoms with Crippen LogP contribution in [0.15, 0.2) is 78.9 Å². The van der Waals surface area contributed by atoms with Gasteiger partial charge in [0.1, 0.15) is 0 Å². The zero-order valence-electron chi connectivity index (χ0n) is 23.4. The maximum Gasteiger partial charge on any atom is 0.490 e. The first-order valence-corrected chi connectivity index (χ1v) is 14.5. The minimum Gasteiger partial charge on any atom is -0.475 e. The largest absolute Gasteiger partial charge is 0.490 e. The highest BCUT2D eigenvalue weighted by atomic mass is 19.4. The number of rotatable bonds is 9. The predicted molar refractivity (Wildman–Crippen MR) is 156 cm³/mol. The lowest BCUT2D eigenvalue weighted by atomic mass is 9.97. The van der Waals surface area contributed by atoms with Crippen molar-refractivity contribution in [1.29, 1.82) is 0 Å². The summed E-state index contributed by atoms with van der Waals surface area (Å²) >= 11 is 0. The van der Waals surface area contributed by atoms with Crippen molar-refractivity contribution >= 4 is 5.97 Å². The Morgan fingerprint density at radius 2 is 1.37 bits per heavy atom. The number of nitrogens with one attached hydrogen (secondary N) is 2. The van der Waals surface area contributed by atoms with E-state index in [0.29, 0.717) is 12.1 Å². The first kappa shape index (κ1) is 30.8. The maximum atomic E-state index is 10.6. The standard InChI is InChI=1S/C31H39N3.C2HF3O2/c1-2-9-25(10-3-1)24-34-19-17-30(18-20-34)33-23-28-12-4-7-16-31(28)27-13-8-11-26(21-27)22-32-29-14-5-6-15-29;3-2(4,5)1(6)7/h1-4,7-13,16,21,29-30,32-33H,5-6,14-15,17-20,22-24H2;(H,6,7). The van der Waals surface area contributed by atoms with Crippen molar-refractivity contribution in [3.8, 4) is 11.1 Å². The van der Waals surface area contributed by atoms with Gasteiger partial charge in [-0.15, -0.1) is 0 Å². The van der Waals surface area contributed by atoms with Crippen molar-refractivity contribution in [3.63, 3.8) is 0 Å². The molecule has 0 atom stereocenters. The molecule has 1 saturated carbocycles. The number of aliphatic carboxylic acids is 1. The third kappa shape index (κ3) is 9.99. The fraction of sp³-hybridized carbons (Fsp3) is 0.424. The van der Waals surface area contributed by atoms with Gasteiger partial charge in [0.2, 0.25) is 0 Å². The minimum atomic E-state index is -5.08. The number of carboxylic acid groups (broad SMARTS) is 1. The van der Waals surface area contributed by atoms with Crippen LogP contribution in [0, 0.1) is 0 Å². The van der Waals surface area contributed by atoms with Crippen molar-refractivity contribution in [1.82, 2.24) is 15.5 Å². The molecule has 3 N–H and O–H groups in total. The van der Waals surface area contributed by atoms with Gasteiger partial charge in [-0.3, -0.25) is 4.90 Å². The first-order valence-electron chi connectivity index (χ1n) is 14.5. The van der Waals surface area contributed by atoms with Crippen molar-refractivity contribution in [3.05, 3.63) is 95.6 Å². The second-order valence-electron chi connectivity index (χ2n) is 10.9. The Hall–Kier alpha value is -3.20. The van der Waals surface area contributed by atoms with Crippen LogP contribution in [0.3, 0.4) is 0 Å². The molecule has 0 aromatic heterocycles. The molecule has 5 nitrogen and oxygen atoms in total. The number of alkyl halides is 3. The Morgan fingerprint density at radius 1 is 0.780 bits per heavy atom. The zero-order valence-corrected chi connectivity index (χ0v) is 23.4. The molecular weight excluding hydrogens is 527 g/mol. The molecule has 2 fully saturated rings. The molecule has 5 rings (SSSR count). The maximum absolute atomic E-state index is 10.6. The summed E-state index contributed by atoms with van der Waals surface area (Å²) in [7, 11) is 0. The highest BCUT2D eigenvalue weighted by molar-refractivity contribution is 5.73. The van der Waals surface area contributed by atoms with Gasteiger partial charge in [0.05, 0.1) is 0 Å². The number of carbonyl (C=O) groups is 1. The van der Waals surface area contributed by atoms with Crippen LogP contribution in [0.2, 0.25) is 0 Å². The molecule has 8 heteroatoms. The van der Waals surface area contributed by atoms with Gasteiger partial charge in [0.15, 0.2) is 0 Å². The molecule has 1 aliphatic carbocycles. The van der Waals surface area contributed by atoms with Crippen molar-refractivity contribution in [2.75, 3.05) is 13.1 Å². The molecule has 1 heterocycles. The van der Waals surface area contributed by atoms with Crippen LogP contribution in [0.4, 0.5) is 13.2 Å². The average Bonchev–Trinajstić information content (AvgIpc) is 3.50. The predicted octanol–water partition coefficient (Wildman–Crippen LogP) is 6.77. The van der Waals surface area contributed by atoms with Crippen LogP contribution in [0.25, 0.3) is 11.1 Å². The van der Waals surface area contributed by atoms with E-state index in [1.165, 1.54) is 79.4 Å². The number of nitrogens with zero attached hydrogens (tertiary/aromatic N) is 1. The van der Waals surface area contributed by atoms with E-state index in [9.17, 15) is 13.2 Å². The van der Waals surface area contributed by atoms with E-state index in [1.54, 1.807) is 0 Å². The summed E-state index contributed by atoms with van der Waals surface area (Å²) in [6, 6.07) is 30.2. The summed E-state index contributed by atoms with van der Waals surface area (Å²) in [5.41, 5.74) is 6.90. The molecule has 1 saturated heterocycles. The highest BCUT2D eigenvalue weighted by Gasteiger charge is 2.38. The molecule has 2 aliphatic rings. The Balaban J connectivity index is 0.000000493. The fourth-order valence-corrected chi connectivity index (χ4v) is 5.59. The third-order valence-corrected chi connectivity index (χ3v) is 7.87. The summed E-state index contributed by atoms with van der Waals surface area (Å²) in [6.07, 6.45) is 2.78. The van der Waals surface area contributed by atoms with Gasteiger partial charge in [-0.05, 0) is 72.7 Å². The molecule has 0 amide bonds. The molecule has 0 bridgehead atoms. The summed E-state index contributed by atoms with van der Waals surface area (Å²) < 4.78 is 31.7. The fourth-order valence-electron chi connectivity index (χ4n) is 5.59. The number of carboxylic acids is 1. The highest BCUT2D eigenvalue weighted by Crippen LogP contribution is 2.26. The van der Waals surface area contributed by atoms with Crippen LogP contribution in [0.1, 0.15) is 55.2 Å². The Kier molecular flexibility index (Phi) is 11.4. The lowest BCUT2D eigenvalue weighted by Crippen LogP contribution is -2.41. The Morgan fingerprint density at radius 3 is 2.05 bits per heavy atom. The minimum absolute atomic E-state index is 0.599. The molecule has 0 spiro atoms. The molecule has 41 heavy (non-hydrogen) atoms. The van der Waals surface area contributed by atoms with Crippen LogP contribution in [-0.4, -0.2) is 47.3 Å². The quantitative estimate of drug-likeness (QED) is 0.266. The molecule has 3 aromatic rings. The van der Waals surface area contributed by atoms with Crippen LogP contribution < -0.4 is 10.6 Å². The second kappa shape index (κ2) is 15.1. The van der Waals surface area contributed by atoms with Crippen molar-refractivity contribution < 1.29 is 23.1 Å². The van der Waals surface area contributed by atoms with Gasteiger partial charge < -0.3 is 15.7 Å². The first-order chi connectivity index (χ1) is 19.8. The van der Waals surface area contributed by atoms with Crippen LogP contribution in [0.5, 0.6) is 0 Å². The van der Waals surface area contributed by atoms with Crippen molar-refractivity contribution in [2.24, 2.45) is 0 Å². The van der Waals surface area contributed by atoms with Gasteiger partial charge in [-0.25, -0.2) is 4.79 Å². The van der Waals surface area contributed by atoms with E-state index < -0.39 is 12.1 Å². The van der Waals surface area contributed by atoms with E-state index in [2.05, 4.69) is 94.4 Å². The Labute approximate surface area is 240 Å². The lowest BCUT2D eigenvalue weighted by molar-refractivity contribution is -0.192. The number of benzene rings is 3. The lowest BCUT2D eigenvalue weighted by Gasteiger charge is -2.32. The van der Waals surface area contributed by atoms with E-state index in [4.69, 9.17) is 9.90 Å². The van der Waals surface area contributed by atoms with E-state index >= 15 is 0 Å². The molecule has 3 aromatic carbocycles. The molecule has 0 radical (unpaired) electrons. The van der Waals surface area contributed by atoms with Gasteiger partial charge in [-0.1, -0.05) is 85.6 Å². The van der Waals surface area contributed by atoms with Crippen LogP contribution in [-0.2, 0) is 24.4 Å². The molecular formula is C33H40F3N3O2. The van der Waals surface area contributed by atoms with Gasteiger partial charge in [0.25, 0.3) is 0 Å². The third-order valence-electron chi connectivity index (χ3n) is 7.87. The van der Waals surface area contributed by atoms with Crippen LogP contribution >= 0.6 is 0 Å². The van der Waals surface area contributed by atoms with E-state index in [1.807, 2.05) is 0 Å². The summed E-state index contributed by atoms with van der Waals surface area (Å²) in [6.45, 7) is 5.32. The summed E-state index contributed by atoms with van der Waals surface area (Å²) in [5, 5.41) is 14.8. The van der Waals surface area contributed by atoms with E-state index in [-0.39, 0.29) is 0 Å². The average molecular weight is 568 g/mol. The number of hydrogen-bond acceptors (Lipinski definition) is 4. The van der Waals surface area contributed by atoms with Gasteiger partial charge in [0, 0.05) is 31.7 Å². The molecule has 220 valence electrons. The normalized spacial score (nSPS) is 16.8. The number of halogens is 3. The Bertz CT molecular complexity index is 1220. The van der Waals surface area contributed by atoms with Gasteiger partial charge in [-0.2, -0.15) is 13.2 Å². The number of hydrogen-bond donors (Lipinski definition) is 3. The summed E-state index contributed by atoms with van der Waals surface area (Å²) in [5.74, 6) is -2.76. The summed E-state index contributed by atoms with van der Waals surface area (Å²) in [4.78, 5) is 11.5. The second-order valence-corrected chi connectivity index (χ2v) is 10.9.